The van der Waals surface area contributed by atoms with Gasteiger partial charge in [0.05, 0.1) is 43.8 Å². The molecule has 3 N–H and O–H groups in total. The average Bonchev–Trinajstić information content (AvgIpc) is 3.09. The summed E-state index contributed by atoms with van der Waals surface area (Å²) in [6.45, 7) is 3.08. The van der Waals surface area contributed by atoms with Crippen molar-refractivity contribution >= 4 is 11.7 Å². The first kappa shape index (κ1) is 31.1. The molecule has 240 valence electrons. The van der Waals surface area contributed by atoms with Gasteiger partial charge in [0, 0.05) is 48.6 Å². The van der Waals surface area contributed by atoms with Crippen molar-refractivity contribution in [3.05, 3.63) is 71.7 Å². The van der Waals surface area contributed by atoms with E-state index >= 15 is 8.78 Å². The maximum atomic E-state index is 16.2. The van der Waals surface area contributed by atoms with Gasteiger partial charge in [-0.15, -0.1) is 0 Å². The van der Waals surface area contributed by atoms with Crippen molar-refractivity contribution in [3.8, 4) is 40.0 Å². The summed E-state index contributed by atoms with van der Waals surface area (Å²) in [5.74, 6) is -1.04. The normalized spacial score (nSPS) is 18.6. The number of amides is 1. The molecule has 2 bridgehead atoms. The molecule has 3 aliphatic rings. The predicted octanol–water partition coefficient (Wildman–Crippen LogP) is 4.92. The minimum Gasteiger partial charge on any atom is -0.497 e. The number of aromatic nitrogens is 4. The van der Waals surface area contributed by atoms with Crippen LogP contribution in [0.4, 0.5) is 14.6 Å². The summed E-state index contributed by atoms with van der Waals surface area (Å²) in [6.07, 6.45) is 6.23. The summed E-state index contributed by atoms with van der Waals surface area (Å²) >= 11 is 0. The molecule has 7 rings (SSSR count). The van der Waals surface area contributed by atoms with Crippen LogP contribution < -0.4 is 30.2 Å². The first-order valence-corrected chi connectivity index (χ1v) is 15.1. The highest BCUT2D eigenvalue weighted by atomic mass is 19.1. The van der Waals surface area contributed by atoms with E-state index < -0.39 is 23.2 Å². The lowest BCUT2D eigenvalue weighted by atomic mass is 9.75. The fraction of sp³-hybridized carbons (Fsp3) is 0.364. The van der Waals surface area contributed by atoms with Gasteiger partial charge in [0.2, 0.25) is 5.88 Å². The van der Waals surface area contributed by atoms with Gasteiger partial charge in [-0.2, -0.15) is 4.39 Å². The van der Waals surface area contributed by atoms with Gasteiger partial charge in [-0.25, -0.2) is 24.3 Å². The second-order valence-electron chi connectivity index (χ2n) is 11.4. The number of fused-ring (bicyclic) bond motifs is 3. The van der Waals surface area contributed by atoms with E-state index in [0.717, 1.165) is 31.2 Å². The molecular weight excluding hydrogens is 596 g/mol. The van der Waals surface area contributed by atoms with Gasteiger partial charge in [0.15, 0.2) is 11.6 Å². The van der Waals surface area contributed by atoms with E-state index in [4.69, 9.17) is 14.2 Å². The van der Waals surface area contributed by atoms with Crippen LogP contribution in [0.3, 0.4) is 0 Å². The van der Waals surface area contributed by atoms with Crippen LogP contribution in [0.5, 0.6) is 17.4 Å². The Morgan fingerprint density at radius 1 is 1.02 bits per heavy atom. The SMILES string of the molecule is CCOc1ccc(-c2cc(C(=O)NC34CCC(CC3)NC4)c(F)c(-c3cnc(NCc4ccc(OC)cc4OC)c(F)n3)n2)cn1. The molecule has 1 amide bonds. The molecule has 0 atom stereocenters. The summed E-state index contributed by atoms with van der Waals surface area (Å²) in [5, 5.41) is 9.43. The van der Waals surface area contributed by atoms with Crippen LogP contribution in [0, 0.1) is 11.8 Å². The lowest BCUT2D eigenvalue weighted by Gasteiger charge is -2.47. The number of methoxy groups -OCH3 is 2. The molecule has 4 aromatic rings. The van der Waals surface area contributed by atoms with Crippen LogP contribution in [0.1, 0.15) is 48.5 Å². The van der Waals surface area contributed by atoms with Crippen molar-refractivity contribution < 1.29 is 27.8 Å². The third kappa shape index (κ3) is 6.41. The van der Waals surface area contributed by atoms with E-state index in [1.165, 1.54) is 25.6 Å². The summed E-state index contributed by atoms with van der Waals surface area (Å²) in [5.41, 5.74) is 0.327. The molecule has 5 heterocycles. The van der Waals surface area contributed by atoms with Gasteiger partial charge in [-0.1, -0.05) is 0 Å². The summed E-state index contributed by atoms with van der Waals surface area (Å²) in [7, 11) is 3.08. The maximum Gasteiger partial charge on any atom is 0.256 e. The molecule has 3 aromatic heterocycles. The molecule has 0 spiro atoms. The van der Waals surface area contributed by atoms with E-state index in [-0.39, 0.29) is 35.0 Å². The van der Waals surface area contributed by atoms with Crippen LogP contribution in [-0.2, 0) is 6.54 Å². The van der Waals surface area contributed by atoms with Crippen molar-refractivity contribution in [2.24, 2.45) is 0 Å². The topological polar surface area (TPSA) is 132 Å². The first-order valence-electron chi connectivity index (χ1n) is 15.1. The molecule has 13 heteroatoms. The van der Waals surface area contributed by atoms with E-state index in [1.807, 2.05) is 6.92 Å². The number of pyridine rings is 2. The second kappa shape index (κ2) is 13.2. The Hall–Kier alpha value is -4.91. The van der Waals surface area contributed by atoms with Gasteiger partial charge in [-0.05, 0) is 56.9 Å². The number of halogens is 2. The lowest BCUT2D eigenvalue weighted by Crippen LogP contribution is -2.64. The van der Waals surface area contributed by atoms with E-state index in [0.29, 0.717) is 42.1 Å². The number of carbonyl (C=O) groups is 1. The van der Waals surface area contributed by atoms with Crippen molar-refractivity contribution in [2.75, 3.05) is 32.7 Å². The van der Waals surface area contributed by atoms with Crippen LogP contribution >= 0.6 is 0 Å². The number of rotatable bonds is 11. The van der Waals surface area contributed by atoms with Gasteiger partial charge in [-0.3, -0.25) is 4.79 Å². The third-order valence-corrected chi connectivity index (χ3v) is 8.49. The third-order valence-electron chi connectivity index (χ3n) is 8.49. The summed E-state index contributed by atoms with van der Waals surface area (Å²) in [6, 6.07) is 10.5. The summed E-state index contributed by atoms with van der Waals surface area (Å²) in [4.78, 5) is 30.6. The van der Waals surface area contributed by atoms with Crippen molar-refractivity contribution in [1.29, 1.82) is 0 Å². The van der Waals surface area contributed by atoms with Crippen molar-refractivity contribution in [2.45, 2.75) is 50.7 Å². The van der Waals surface area contributed by atoms with E-state index in [2.05, 4.69) is 35.9 Å². The molecular formula is C33H35F2N7O4. The minimum absolute atomic E-state index is 0.147. The van der Waals surface area contributed by atoms with E-state index in [9.17, 15) is 4.79 Å². The molecule has 0 unspecified atom stereocenters. The zero-order valence-corrected chi connectivity index (χ0v) is 25.8. The van der Waals surface area contributed by atoms with Gasteiger partial charge in [0.1, 0.15) is 22.9 Å². The number of nitrogens with one attached hydrogen (secondary N) is 3. The first-order chi connectivity index (χ1) is 22.3. The average molecular weight is 632 g/mol. The Labute approximate surface area is 265 Å². The monoisotopic (exact) mass is 631 g/mol. The fourth-order valence-corrected chi connectivity index (χ4v) is 5.92. The number of benzene rings is 1. The largest absolute Gasteiger partial charge is 0.497 e. The lowest BCUT2D eigenvalue weighted by molar-refractivity contribution is 0.0784. The predicted molar refractivity (Wildman–Crippen MR) is 167 cm³/mol. The standard InChI is InChI=1S/C33H35F2N7O4/c1-4-46-27-8-6-19(15-36-27)24-14-23(32(43)42-33-11-9-21(10-12-33)39-18-33)28(34)29(40-24)25-17-38-31(30(35)41-25)37-16-20-5-7-22(44-2)13-26(20)45-3/h5-8,13-15,17,21,39H,4,9-12,16,18H2,1-3H3,(H,37,38)(H,42,43). The van der Waals surface area contributed by atoms with Crippen LogP contribution in [0.25, 0.3) is 22.6 Å². The molecule has 0 radical (unpaired) electrons. The zero-order chi connectivity index (χ0) is 32.3. The van der Waals surface area contributed by atoms with Crippen LogP contribution in [-0.4, -0.2) is 64.8 Å². The second-order valence-corrected chi connectivity index (χ2v) is 11.4. The highest BCUT2D eigenvalue weighted by Gasteiger charge is 2.41. The quantitative estimate of drug-likeness (QED) is 0.210. The highest BCUT2D eigenvalue weighted by molar-refractivity contribution is 5.97. The Morgan fingerprint density at radius 3 is 2.50 bits per heavy atom. The summed E-state index contributed by atoms with van der Waals surface area (Å²) < 4.78 is 47.6. The van der Waals surface area contributed by atoms with E-state index in [1.54, 1.807) is 37.4 Å². The Morgan fingerprint density at radius 2 is 1.85 bits per heavy atom. The molecule has 1 aliphatic carbocycles. The van der Waals surface area contributed by atoms with Crippen LogP contribution in [0.15, 0.2) is 48.8 Å². The fourth-order valence-electron chi connectivity index (χ4n) is 5.92. The van der Waals surface area contributed by atoms with Gasteiger partial charge < -0.3 is 30.2 Å². The smallest absolute Gasteiger partial charge is 0.256 e. The molecule has 2 aliphatic heterocycles. The zero-order valence-electron chi connectivity index (χ0n) is 25.8. The number of piperidine rings is 2. The van der Waals surface area contributed by atoms with Crippen molar-refractivity contribution in [1.82, 2.24) is 30.6 Å². The Bertz CT molecular complexity index is 1720. The Kier molecular flexibility index (Phi) is 8.93. The number of carbonyl (C=O) groups excluding carboxylic acids is 1. The highest BCUT2D eigenvalue weighted by Crippen LogP contribution is 2.34. The molecule has 2 saturated heterocycles. The molecule has 1 aromatic carbocycles. The Balaban J connectivity index is 1.32. The molecule has 1 saturated carbocycles. The van der Waals surface area contributed by atoms with Crippen LogP contribution in [0.2, 0.25) is 0 Å². The van der Waals surface area contributed by atoms with Crippen molar-refractivity contribution in [3.63, 3.8) is 0 Å². The molecule has 11 nitrogen and oxygen atoms in total. The number of hydrogen-bond donors (Lipinski definition) is 3. The molecule has 46 heavy (non-hydrogen) atoms. The van der Waals surface area contributed by atoms with Gasteiger partial charge >= 0.3 is 0 Å². The minimum atomic E-state index is -0.964. The maximum absolute atomic E-state index is 16.2. The number of hydrogen-bond acceptors (Lipinski definition) is 10. The number of anilines is 1. The number of ether oxygens (including phenoxy) is 3. The number of nitrogens with zero attached hydrogens (tertiary/aromatic N) is 4. The van der Waals surface area contributed by atoms with Gasteiger partial charge in [0.25, 0.3) is 11.9 Å². The molecule has 3 fully saturated rings.